The molecule has 25 heavy (non-hydrogen) atoms. The summed E-state index contributed by atoms with van der Waals surface area (Å²) >= 11 is 0. The second-order valence-corrected chi connectivity index (χ2v) is 7.32. The van der Waals surface area contributed by atoms with Crippen LogP contribution in [0, 0.1) is 5.21 Å². The largest absolute Gasteiger partial charge is 0.633 e. The molecule has 0 bridgehead atoms. The third-order valence-corrected chi connectivity index (χ3v) is 4.97. The summed E-state index contributed by atoms with van der Waals surface area (Å²) in [5, 5.41) is 12.5. The zero-order valence-corrected chi connectivity index (χ0v) is 15.8. The molecule has 1 amide bonds. The highest BCUT2D eigenvalue weighted by atomic mass is 16.5. The van der Waals surface area contributed by atoms with Gasteiger partial charge in [-0.05, 0) is 18.1 Å². The van der Waals surface area contributed by atoms with Crippen LogP contribution in [0.5, 0.6) is 0 Å². The number of hydrogen-bond acceptors (Lipinski definition) is 2. The monoisotopic (exact) mass is 340 g/mol. The van der Waals surface area contributed by atoms with E-state index in [1.54, 1.807) is 33.1 Å². The fraction of sp³-hybridized carbons (Fsp3) is 0.381. The lowest BCUT2D eigenvalue weighted by molar-refractivity contribution is -0.865. The number of hydrogen-bond donors (Lipinski definition) is 0. The second-order valence-electron chi connectivity index (χ2n) is 7.32. The van der Waals surface area contributed by atoms with Gasteiger partial charge in [0.15, 0.2) is 0 Å². The number of carbonyl (C=O) groups excluding carboxylic acids is 1. The zero-order chi connectivity index (χ0) is 18.7. The van der Waals surface area contributed by atoms with E-state index in [4.69, 9.17) is 0 Å². The molecule has 0 heterocycles. The molecule has 0 spiro atoms. The highest BCUT2D eigenvalue weighted by molar-refractivity contribution is 5.92. The predicted octanol–water partition coefficient (Wildman–Crippen LogP) is 3.41. The molecule has 4 nitrogen and oxygen atoms in total. The molecule has 0 aromatic heterocycles. The number of rotatable bonds is 6. The van der Waals surface area contributed by atoms with Crippen molar-refractivity contribution in [3.8, 4) is 0 Å². The SMILES string of the molecule is C[C@@H](CC(C(=O)N(C)C)(c1ccccc1)c1ccccc1)[N+](C)(C)[O-]. The van der Waals surface area contributed by atoms with E-state index in [1.807, 2.05) is 67.6 Å². The zero-order valence-electron chi connectivity index (χ0n) is 15.8. The molecule has 0 saturated heterocycles. The Morgan fingerprint density at radius 1 is 1.00 bits per heavy atom. The minimum atomic E-state index is -0.884. The van der Waals surface area contributed by atoms with E-state index in [0.717, 1.165) is 11.1 Å². The minimum absolute atomic E-state index is 0.00907. The van der Waals surface area contributed by atoms with E-state index >= 15 is 0 Å². The summed E-state index contributed by atoms with van der Waals surface area (Å²) in [6.45, 7) is 1.91. The lowest BCUT2D eigenvalue weighted by atomic mass is 9.69. The van der Waals surface area contributed by atoms with E-state index in [9.17, 15) is 10.0 Å². The summed E-state index contributed by atoms with van der Waals surface area (Å²) < 4.78 is -0.442. The van der Waals surface area contributed by atoms with Crippen LogP contribution < -0.4 is 0 Å². The standard InChI is InChI=1S/C21H28N2O2/c1-17(23(4,5)25)16-21(20(24)22(2)3,18-12-8-6-9-13-18)19-14-10-7-11-15-19/h6-15,17H,16H2,1-5H3/t17-/m0/s1. The molecule has 0 saturated carbocycles. The average molecular weight is 340 g/mol. The van der Waals surface area contributed by atoms with Crippen LogP contribution in [-0.4, -0.2) is 49.7 Å². The maximum atomic E-state index is 13.4. The number of quaternary nitrogens is 1. The maximum Gasteiger partial charge on any atom is 0.237 e. The van der Waals surface area contributed by atoms with Crippen molar-refractivity contribution in [2.24, 2.45) is 0 Å². The van der Waals surface area contributed by atoms with Crippen LogP contribution in [0.4, 0.5) is 0 Å². The Bertz CT molecular complexity index is 651. The van der Waals surface area contributed by atoms with Crippen LogP contribution in [0.1, 0.15) is 24.5 Å². The van der Waals surface area contributed by atoms with Crippen molar-refractivity contribution in [2.45, 2.75) is 24.8 Å². The number of hydroxylamine groups is 3. The second kappa shape index (κ2) is 7.38. The molecule has 0 radical (unpaired) electrons. The smallest absolute Gasteiger partial charge is 0.237 e. The number of nitrogens with zero attached hydrogens (tertiary/aromatic N) is 2. The Morgan fingerprint density at radius 2 is 1.40 bits per heavy atom. The van der Waals surface area contributed by atoms with Crippen LogP contribution in [0.2, 0.25) is 0 Å². The van der Waals surface area contributed by atoms with Gasteiger partial charge in [-0.25, -0.2) is 0 Å². The number of amides is 1. The van der Waals surface area contributed by atoms with E-state index in [-0.39, 0.29) is 11.9 Å². The molecule has 0 aliphatic heterocycles. The molecule has 0 unspecified atom stereocenters. The van der Waals surface area contributed by atoms with Gasteiger partial charge in [-0.3, -0.25) is 4.79 Å². The van der Waals surface area contributed by atoms with Crippen molar-refractivity contribution in [2.75, 3.05) is 28.2 Å². The van der Waals surface area contributed by atoms with E-state index < -0.39 is 10.1 Å². The van der Waals surface area contributed by atoms with Crippen molar-refractivity contribution in [3.05, 3.63) is 77.0 Å². The Kier molecular flexibility index (Phi) is 5.65. The van der Waals surface area contributed by atoms with Crippen molar-refractivity contribution in [1.82, 2.24) is 4.90 Å². The first-order valence-electron chi connectivity index (χ1n) is 8.57. The van der Waals surface area contributed by atoms with E-state index in [0.29, 0.717) is 6.42 Å². The summed E-state index contributed by atoms with van der Waals surface area (Å²) in [6.07, 6.45) is 0.439. The third-order valence-electron chi connectivity index (χ3n) is 4.97. The molecule has 0 aliphatic rings. The predicted molar refractivity (Wildman–Crippen MR) is 102 cm³/mol. The summed E-state index contributed by atoms with van der Waals surface area (Å²) in [5.41, 5.74) is 0.950. The molecular formula is C21H28N2O2. The van der Waals surface area contributed by atoms with Crippen molar-refractivity contribution in [3.63, 3.8) is 0 Å². The van der Waals surface area contributed by atoms with Gasteiger partial charge in [-0.1, -0.05) is 60.7 Å². The molecule has 0 fully saturated rings. The van der Waals surface area contributed by atoms with Gasteiger partial charge in [0, 0.05) is 20.5 Å². The first-order valence-corrected chi connectivity index (χ1v) is 8.57. The van der Waals surface area contributed by atoms with Gasteiger partial charge in [0.05, 0.1) is 20.1 Å². The first-order chi connectivity index (χ1) is 11.7. The van der Waals surface area contributed by atoms with Crippen LogP contribution in [-0.2, 0) is 10.2 Å². The Morgan fingerprint density at radius 3 is 1.72 bits per heavy atom. The Hall–Kier alpha value is -2.17. The van der Waals surface area contributed by atoms with E-state index in [1.165, 1.54) is 0 Å². The Labute approximate surface area is 150 Å². The molecular weight excluding hydrogens is 312 g/mol. The van der Waals surface area contributed by atoms with Crippen LogP contribution in [0.15, 0.2) is 60.7 Å². The molecule has 1 atom stereocenters. The maximum absolute atomic E-state index is 13.4. The quantitative estimate of drug-likeness (QED) is 0.597. The van der Waals surface area contributed by atoms with Gasteiger partial charge >= 0.3 is 0 Å². The fourth-order valence-corrected chi connectivity index (χ4v) is 3.23. The fourth-order valence-electron chi connectivity index (χ4n) is 3.23. The molecule has 0 aliphatic carbocycles. The summed E-state index contributed by atoms with van der Waals surface area (Å²) in [5.74, 6) is -0.00907. The van der Waals surface area contributed by atoms with Crippen molar-refractivity contribution >= 4 is 5.91 Å². The summed E-state index contributed by atoms with van der Waals surface area (Å²) in [7, 11) is 6.80. The highest BCUT2D eigenvalue weighted by Gasteiger charge is 2.45. The lowest BCUT2D eigenvalue weighted by Gasteiger charge is -2.45. The molecule has 2 aromatic rings. The van der Waals surface area contributed by atoms with Gasteiger partial charge in [0.25, 0.3) is 0 Å². The molecule has 0 N–H and O–H groups in total. The number of carbonyl (C=O) groups is 1. The van der Waals surface area contributed by atoms with Crippen molar-refractivity contribution in [1.29, 1.82) is 0 Å². The first kappa shape index (κ1) is 19.2. The van der Waals surface area contributed by atoms with Gasteiger partial charge < -0.3 is 14.8 Å². The topological polar surface area (TPSA) is 43.4 Å². The Balaban J connectivity index is 2.72. The molecule has 4 heteroatoms. The normalized spacial score (nSPS) is 13.4. The minimum Gasteiger partial charge on any atom is -0.633 e. The van der Waals surface area contributed by atoms with Crippen LogP contribution in [0.25, 0.3) is 0 Å². The highest BCUT2D eigenvalue weighted by Crippen LogP contribution is 2.39. The summed E-state index contributed by atoms with van der Waals surface area (Å²) in [4.78, 5) is 15.1. The summed E-state index contributed by atoms with van der Waals surface area (Å²) in [6, 6.07) is 19.3. The number of likely N-dealkylation sites (N-methyl/N-ethyl adjacent to an activating group) is 1. The third kappa shape index (κ3) is 3.91. The molecule has 134 valence electrons. The number of benzene rings is 2. The van der Waals surface area contributed by atoms with Gasteiger partial charge in [0.1, 0.15) is 5.41 Å². The van der Waals surface area contributed by atoms with Gasteiger partial charge in [-0.15, -0.1) is 0 Å². The van der Waals surface area contributed by atoms with Gasteiger partial charge in [0.2, 0.25) is 5.91 Å². The van der Waals surface area contributed by atoms with E-state index in [2.05, 4.69) is 0 Å². The van der Waals surface area contributed by atoms with Crippen LogP contribution >= 0.6 is 0 Å². The molecule has 2 aromatic carbocycles. The molecule has 2 rings (SSSR count). The average Bonchev–Trinajstić information content (AvgIpc) is 2.59. The van der Waals surface area contributed by atoms with Gasteiger partial charge in [-0.2, -0.15) is 0 Å². The lowest BCUT2D eigenvalue weighted by Crippen LogP contribution is -2.51. The van der Waals surface area contributed by atoms with Crippen molar-refractivity contribution < 1.29 is 9.44 Å². The van der Waals surface area contributed by atoms with Crippen LogP contribution in [0.3, 0.4) is 0 Å².